The molecule has 0 unspecified atom stereocenters. The van der Waals surface area contributed by atoms with Crippen molar-refractivity contribution in [3.05, 3.63) is 126 Å². The highest BCUT2D eigenvalue weighted by Gasteiger charge is 2.37. The Labute approximate surface area is 264 Å². The molecule has 4 aromatic carbocycles. The van der Waals surface area contributed by atoms with Gasteiger partial charge in [0.25, 0.3) is 0 Å². The van der Waals surface area contributed by atoms with Crippen molar-refractivity contribution in [1.29, 1.82) is 0 Å². The number of aryl methyl sites for hydroxylation is 1. The number of rotatable bonds is 7. The van der Waals surface area contributed by atoms with E-state index in [1.54, 1.807) is 19.2 Å². The van der Waals surface area contributed by atoms with Gasteiger partial charge >= 0.3 is 0 Å². The number of allylic oxidation sites excluding steroid dienone is 2. The lowest BCUT2D eigenvalue weighted by Gasteiger charge is -2.37. The number of nitrogens with one attached hydrogen (secondary N) is 1. The van der Waals surface area contributed by atoms with Gasteiger partial charge in [-0.2, -0.15) is 0 Å². The molecule has 41 heavy (non-hydrogen) atoms. The summed E-state index contributed by atoms with van der Waals surface area (Å²) < 4.78 is 12.7. The molecule has 0 saturated carbocycles. The Kier molecular flexibility index (Phi) is 8.29. The van der Waals surface area contributed by atoms with Gasteiger partial charge in [0.05, 0.1) is 22.4 Å². The van der Waals surface area contributed by atoms with Gasteiger partial charge in [-0.25, -0.2) is 0 Å². The van der Waals surface area contributed by atoms with Crippen LogP contribution in [0.2, 0.25) is 10.0 Å². The standard InChI is InChI=1S/C34H29Cl2IN2O2/c1-20-6-13-31-28(14-20)26-4-3-5-27(26)33(39-31)22-8-11-25(12-9-22)38-18-21-15-30(37)34(32(16-21)40-2)41-19-23-7-10-24(35)17-29(23)36/h3-4,6-18,26-27,33,39H,5,19H2,1-2H3/t26-,27-,33-/m0/s1. The first-order valence-electron chi connectivity index (χ1n) is 13.5. The number of nitrogens with zero attached hydrogens (tertiary/aromatic N) is 1. The molecule has 0 saturated heterocycles. The molecule has 1 heterocycles. The van der Waals surface area contributed by atoms with E-state index in [2.05, 4.69) is 89.4 Å². The van der Waals surface area contributed by atoms with Crippen molar-refractivity contribution in [3.8, 4) is 11.5 Å². The molecule has 1 aliphatic carbocycles. The molecule has 3 atom stereocenters. The third-order valence-corrected chi connectivity index (χ3v) is 9.16. The number of hydrogen-bond donors (Lipinski definition) is 1. The van der Waals surface area contributed by atoms with E-state index >= 15 is 0 Å². The second kappa shape index (κ2) is 12.1. The van der Waals surface area contributed by atoms with Gasteiger partial charge in [-0.05, 0) is 101 Å². The summed E-state index contributed by atoms with van der Waals surface area (Å²) >= 11 is 14.6. The summed E-state index contributed by atoms with van der Waals surface area (Å²) in [5, 5.41) is 4.98. The van der Waals surface area contributed by atoms with Crippen LogP contribution in [0.4, 0.5) is 11.4 Å². The van der Waals surface area contributed by atoms with Crippen LogP contribution >= 0.6 is 45.8 Å². The Hall–Kier alpha value is -3.00. The van der Waals surface area contributed by atoms with Crippen molar-refractivity contribution in [2.45, 2.75) is 31.9 Å². The van der Waals surface area contributed by atoms with Crippen molar-refractivity contribution in [2.75, 3.05) is 12.4 Å². The molecule has 0 spiro atoms. The van der Waals surface area contributed by atoms with E-state index in [4.69, 9.17) is 37.7 Å². The first-order valence-corrected chi connectivity index (χ1v) is 15.3. The number of anilines is 1. The van der Waals surface area contributed by atoms with Gasteiger partial charge in [-0.3, -0.25) is 4.99 Å². The van der Waals surface area contributed by atoms with Gasteiger partial charge < -0.3 is 14.8 Å². The zero-order valence-electron chi connectivity index (χ0n) is 22.7. The fraction of sp³-hybridized carbons (Fsp3) is 0.206. The zero-order valence-corrected chi connectivity index (χ0v) is 26.4. The van der Waals surface area contributed by atoms with E-state index in [0.717, 1.165) is 26.8 Å². The lowest BCUT2D eigenvalue weighted by atomic mass is 9.76. The van der Waals surface area contributed by atoms with Crippen LogP contribution in [0.3, 0.4) is 0 Å². The average Bonchev–Trinajstić information content (AvgIpc) is 3.47. The summed E-state index contributed by atoms with van der Waals surface area (Å²) in [4.78, 5) is 4.75. The minimum Gasteiger partial charge on any atom is -0.493 e. The van der Waals surface area contributed by atoms with Crippen LogP contribution in [0.25, 0.3) is 0 Å². The largest absolute Gasteiger partial charge is 0.493 e. The van der Waals surface area contributed by atoms with Crippen LogP contribution in [0.1, 0.15) is 46.2 Å². The van der Waals surface area contributed by atoms with Gasteiger partial charge in [0.2, 0.25) is 0 Å². The van der Waals surface area contributed by atoms with Crippen LogP contribution in [0, 0.1) is 16.4 Å². The molecule has 2 aliphatic rings. The smallest absolute Gasteiger partial charge is 0.174 e. The van der Waals surface area contributed by atoms with E-state index in [1.165, 1.54) is 22.4 Å². The molecule has 1 N–H and O–H groups in total. The Bertz CT molecular complexity index is 1650. The van der Waals surface area contributed by atoms with Crippen molar-refractivity contribution >= 4 is 63.4 Å². The third-order valence-electron chi connectivity index (χ3n) is 7.77. The normalized spacial score (nSPS) is 19.1. The molecule has 0 fully saturated rings. The number of hydrogen-bond acceptors (Lipinski definition) is 4. The molecule has 4 nitrogen and oxygen atoms in total. The lowest BCUT2D eigenvalue weighted by Crippen LogP contribution is -2.29. The number of halogens is 3. The first kappa shape index (κ1) is 28.1. The van der Waals surface area contributed by atoms with Crippen molar-refractivity contribution in [2.24, 2.45) is 10.9 Å². The molecule has 0 amide bonds. The van der Waals surface area contributed by atoms with Crippen molar-refractivity contribution in [3.63, 3.8) is 0 Å². The third kappa shape index (κ3) is 5.99. The zero-order chi connectivity index (χ0) is 28.5. The van der Waals surface area contributed by atoms with Gasteiger partial charge in [0.15, 0.2) is 11.5 Å². The van der Waals surface area contributed by atoms with Crippen molar-refractivity contribution in [1.82, 2.24) is 0 Å². The molecule has 7 heteroatoms. The second-order valence-electron chi connectivity index (χ2n) is 10.5. The highest BCUT2D eigenvalue weighted by Crippen LogP contribution is 2.50. The summed E-state index contributed by atoms with van der Waals surface area (Å²) in [6.07, 6.45) is 7.66. The molecule has 208 valence electrons. The molecule has 0 radical (unpaired) electrons. The molecule has 4 aromatic rings. The highest BCUT2D eigenvalue weighted by molar-refractivity contribution is 14.1. The lowest BCUT2D eigenvalue weighted by molar-refractivity contribution is 0.282. The molecular weight excluding hydrogens is 666 g/mol. The number of aliphatic imine (C=N–C) groups is 1. The SMILES string of the molecule is COc1cc(C=Nc2ccc([C@@H]3Nc4ccc(C)cc4[C@H]4C=CC[C@@H]43)cc2)cc(I)c1OCc1ccc(Cl)cc1Cl. The number of ether oxygens (including phenoxy) is 2. The number of benzene rings is 4. The quantitative estimate of drug-likeness (QED) is 0.119. The predicted octanol–water partition coefficient (Wildman–Crippen LogP) is 10.1. The first-order chi connectivity index (χ1) is 19.9. The summed E-state index contributed by atoms with van der Waals surface area (Å²) in [6, 6.07) is 24.9. The van der Waals surface area contributed by atoms with Gasteiger partial charge in [-0.1, -0.05) is 71.2 Å². The van der Waals surface area contributed by atoms with Gasteiger partial charge in [0.1, 0.15) is 6.61 Å². The Balaban J connectivity index is 1.17. The van der Waals surface area contributed by atoms with Crippen LogP contribution in [-0.2, 0) is 6.61 Å². The van der Waals surface area contributed by atoms with E-state index < -0.39 is 0 Å². The maximum Gasteiger partial charge on any atom is 0.174 e. The number of methoxy groups -OCH3 is 1. The van der Waals surface area contributed by atoms with E-state index in [1.807, 2.05) is 24.4 Å². The van der Waals surface area contributed by atoms with Crippen LogP contribution < -0.4 is 14.8 Å². The Morgan fingerprint density at radius 2 is 1.85 bits per heavy atom. The summed E-state index contributed by atoms with van der Waals surface area (Å²) in [6.45, 7) is 2.47. The minimum absolute atomic E-state index is 0.268. The molecule has 0 bridgehead atoms. The predicted molar refractivity (Wildman–Crippen MR) is 178 cm³/mol. The fourth-order valence-corrected chi connectivity index (χ4v) is 6.95. The fourth-order valence-electron chi connectivity index (χ4n) is 5.70. The monoisotopic (exact) mass is 694 g/mol. The molecule has 0 aromatic heterocycles. The molecule has 6 rings (SSSR count). The summed E-state index contributed by atoms with van der Waals surface area (Å²) in [7, 11) is 1.64. The van der Waals surface area contributed by atoms with Gasteiger partial charge in [-0.15, -0.1) is 0 Å². The maximum absolute atomic E-state index is 6.32. The van der Waals surface area contributed by atoms with Crippen LogP contribution in [0.5, 0.6) is 11.5 Å². The topological polar surface area (TPSA) is 42.8 Å². The summed E-state index contributed by atoms with van der Waals surface area (Å²) in [5.41, 5.74) is 7.92. The maximum atomic E-state index is 6.32. The molecule has 1 aliphatic heterocycles. The van der Waals surface area contributed by atoms with Crippen molar-refractivity contribution < 1.29 is 9.47 Å². The van der Waals surface area contributed by atoms with Crippen LogP contribution in [0.15, 0.2) is 89.9 Å². The molecular formula is C34H29Cl2IN2O2. The average molecular weight is 695 g/mol. The van der Waals surface area contributed by atoms with E-state index in [0.29, 0.717) is 40.0 Å². The Morgan fingerprint density at radius 1 is 1.02 bits per heavy atom. The minimum atomic E-state index is 0.268. The van der Waals surface area contributed by atoms with Gasteiger partial charge in [0, 0.05) is 33.4 Å². The second-order valence-corrected chi connectivity index (χ2v) is 12.5. The Morgan fingerprint density at radius 3 is 2.63 bits per heavy atom. The van der Waals surface area contributed by atoms with E-state index in [-0.39, 0.29) is 6.04 Å². The van der Waals surface area contributed by atoms with E-state index in [9.17, 15) is 0 Å². The highest BCUT2D eigenvalue weighted by atomic mass is 127. The number of fused-ring (bicyclic) bond motifs is 3. The van der Waals surface area contributed by atoms with Crippen LogP contribution in [-0.4, -0.2) is 13.3 Å². The summed E-state index contributed by atoms with van der Waals surface area (Å²) in [5.74, 6) is 2.28.